The summed E-state index contributed by atoms with van der Waals surface area (Å²) < 4.78 is 35.2. The van der Waals surface area contributed by atoms with Crippen molar-refractivity contribution in [2.75, 3.05) is 5.32 Å². The first kappa shape index (κ1) is 27.6. The number of thiazole rings is 2. The minimum absolute atomic E-state index is 0.164. The summed E-state index contributed by atoms with van der Waals surface area (Å²) in [5.41, 5.74) is 5.12. The molecule has 0 fully saturated rings. The minimum Gasteiger partial charge on any atom is -0.322 e. The molecular weight excluding hydrogens is 563 g/mol. The number of anilines is 1. The number of fused-ring (bicyclic) bond motifs is 1. The van der Waals surface area contributed by atoms with Gasteiger partial charge in [-0.15, -0.1) is 22.7 Å². The lowest BCUT2D eigenvalue weighted by Crippen LogP contribution is -2.26. The summed E-state index contributed by atoms with van der Waals surface area (Å²) in [4.78, 5) is 21.7. The van der Waals surface area contributed by atoms with E-state index >= 15 is 0 Å². The van der Waals surface area contributed by atoms with Gasteiger partial charge in [0.2, 0.25) is 0 Å². The van der Waals surface area contributed by atoms with Gasteiger partial charge in [-0.05, 0) is 80.9 Å². The number of amides is 1. The Bertz CT molecular complexity index is 2020. The standard InChI is InChI=1S/C30H25N3O4S3/c1-5-23-26(27(17(2)3)40(35,36)37)39-30(32-23)21-11-14-24-25(16-21)38-29(33-24)19-9-12-22(13-10-19)31-28(34)20-8-6-7-18(4)15-20/h5-16H,2H2,1,3-4H3,(H,31,34)(H,35,36,37). The second-order valence-electron chi connectivity index (χ2n) is 9.21. The number of aromatic nitrogens is 2. The lowest BCUT2D eigenvalue weighted by molar-refractivity contribution is 0.102. The van der Waals surface area contributed by atoms with Crippen molar-refractivity contribution in [2.24, 2.45) is 0 Å². The molecule has 0 saturated carbocycles. The van der Waals surface area contributed by atoms with Crippen molar-refractivity contribution in [1.82, 2.24) is 9.97 Å². The van der Waals surface area contributed by atoms with Crippen LogP contribution in [0.15, 0.2) is 78.9 Å². The first-order chi connectivity index (χ1) is 19.0. The Hall–Kier alpha value is -3.96. The van der Waals surface area contributed by atoms with E-state index in [9.17, 15) is 17.8 Å². The van der Waals surface area contributed by atoms with Crippen LogP contribution >= 0.6 is 22.7 Å². The van der Waals surface area contributed by atoms with Crippen molar-refractivity contribution in [1.29, 1.82) is 0 Å². The van der Waals surface area contributed by atoms with Gasteiger partial charge >= 0.3 is 0 Å². The molecule has 5 aromatic rings. The summed E-state index contributed by atoms with van der Waals surface area (Å²) in [6, 6.07) is 20.8. The van der Waals surface area contributed by atoms with E-state index in [0.717, 1.165) is 31.9 Å². The Balaban J connectivity index is 1.45. The van der Waals surface area contributed by atoms with E-state index in [1.807, 2.05) is 67.6 Å². The number of benzene rings is 3. The number of hydrogen-bond acceptors (Lipinski definition) is 7. The fourth-order valence-electron chi connectivity index (χ4n) is 4.21. The summed E-state index contributed by atoms with van der Waals surface area (Å²) in [7, 11) is -4.47. The molecule has 2 N–H and O–H groups in total. The molecule has 1 amide bonds. The van der Waals surface area contributed by atoms with Gasteiger partial charge in [-0.1, -0.05) is 30.4 Å². The Kier molecular flexibility index (Phi) is 7.52. The molecule has 0 spiro atoms. The van der Waals surface area contributed by atoms with E-state index in [-0.39, 0.29) is 16.4 Å². The highest BCUT2D eigenvalue weighted by Gasteiger charge is 2.19. The summed E-state index contributed by atoms with van der Waals surface area (Å²) in [5.74, 6) is -0.164. The molecule has 0 aliphatic rings. The van der Waals surface area contributed by atoms with E-state index in [1.54, 1.807) is 19.1 Å². The third kappa shape index (κ3) is 5.66. The highest BCUT2D eigenvalue weighted by Crippen LogP contribution is 2.33. The van der Waals surface area contributed by atoms with Crippen LogP contribution in [0.4, 0.5) is 5.69 Å². The molecule has 7 nitrogen and oxygen atoms in total. The Morgan fingerprint density at radius 3 is 2.33 bits per heavy atom. The number of carbonyl (C=O) groups is 1. The van der Waals surface area contributed by atoms with Crippen molar-refractivity contribution >= 4 is 65.6 Å². The first-order valence-corrected chi connectivity index (χ1v) is 15.3. The highest BCUT2D eigenvalue weighted by molar-refractivity contribution is 7.95. The quantitative estimate of drug-likeness (QED) is 0.235. The molecule has 2 heterocycles. The summed E-state index contributed by atoms with van der Waals surface area (Å²) >= 11 is 2.71. The maximum absolute atomic E-state index is 12.6. The van der Waals surface area contributed by atoms with Crippen molar-refractivity contribution in [3.63, 3.8) is 0 Å². The molecule has 0 aliphatic carbocycles. The number of nitrogens with one attached hydrogen (secondary N) is 1. The van der Waals surface area contributed by atoms with Gasteiger partial charge < -0.3 is 5.32 Å². The van der Waals surface area contributed by atoms with Crippen LogP contribution < -0.4 is 15.2 Å². The van der Waals surface area contributed by atoms with E-state index in [4.69, 9.17) is 4.98 Å². The predicted octanol–water partition coefficient (Wildman–Crippen LogP) is 6.02. The number of hydrogen-bond donors (Lipinski definition) is 2. The summed E-state index contributed by atoms with van der Waals surface area (Å²) in [6.45, 7) is 8.98. The Labute approximate surface area is 239 Å². The van der Waals surface area contributed by atoms with Crippen LogP contribution in [-0.2, 0) is 10.1 Å². The second kappa shape index (κ2) is 10.9. The normalized spacial score (nSPS) is 12.9. The Morgan fingerprint density at radius 1 is 0.975 bits per heavy atom. The van der Waals surface area contributed by atoms with Gasteiger partial charge in [0.15, 0.2) is 0 Å². The molecule has 0 radical (unpaired) electrons. The van der Waals surface area contributed by atoms with Gasteiger partial charge in [0.1, 0.15) is 14.9 Å². The average Bonchev–Trinajstić information content (AvgIpc) is 3.52. The van der Waals surface area contributed by atoms with Gasteiger partial charge in [0, 0.05) is 22.4 Å². The fourth-order valence-corrected chi connectivity index (χ4v) is 7.56. The lowest BCUT2D eigenvalue weighted by atomic mass is 10.1. The molecule has 0 atom stereocenters. The van der Waals surface area contributed by atoms with E-state index < -0.39 is 10.1 Å². The smallest absolute Gasteiger partial charge is 0.296 e. The highest BCUT2D eigenvalue weighted by atomic mass is 32.2. The van der Waals surface area contributed by atoms with Crippen molar-refractivity contribution in [2.45, 2.75) is 20.8 Å². The van der Waals surface area contributed by atoms with Crippen molar-refractivity contribution in [3.05, 3.63) is 99.9 Å². The molecule has 0 unspecified atom stereocenters. The SMILES string of the molecule is C=C(C)C(=c1sc(-c2ccc3nc(-c4ccc(NC(=O)c5cccc(C)c5)cc4)sc3c2)nc1=CC)S(=O)(=O)O. The van der Waals surface area contributed by atoms with Crippen LogP contribution in [0.3, 0.4) is 0 Å². The van der Waals surface area contributed by atoms with Gasteiger partial charge in [-0.2, -0.15) is 8.42 Å². The monoisotopic (exact) mass is 587 g/mol. The van der Waals surface area contributed by atoms with Crippen LogP contribution in [0.2, 0.25) is 0 Å². The largest absolute Gasteiger partial charge is 0.322 e. The molecule has 5 rings (SSSR count). The summed E-state index contributed by atoms with van der Waals surface area (Å²) in [5, 5.41) is 4.85. The number of rotatable bonds is 6. The maximum Gasteiger partial charge on any atom is 0.296 e. The molecule has 10 heteroatoms. The Morgan fingerprint density at radius 2 is 1.68 bits per heavy atom. The van der Waals surface area contributed by atoms with E-state index in [1.165, 1.54) is 29.6 Å². The predicted molar refractivity (Wildman–Crippen MR) is 164 cm³/mol. The van der Waals surface area contributed by atoms with Crippen LogP contribution in [0.1, 0.15) is 29.8 Å². The molecule has 0 bridgehead atoms. The third-order valence-electron chi connectivity index (χ3n) is 6.08. The molecule has 40 heavy (non-hydrogen) atoms. The van der Waals surface area contributed by atoms with Gasteiger partial charge in [-0.3, -0.25) is 9.35 Å². The van der Waals surface area contributed by atoms with Crippen LogP contribution in [-0.4, -0.2) is 28.8 Å². The number of aryl methyl sites for hydroxylation is 1. The van der Waals surface area contributed by atoms with Crippen LogP contribution in [0.25, 0.3) is 42.3 Å². The molecule has 0 saturated heterocycles. The van der Waals surface area contributed by atoms with Gasteiger partial charge in [0.25, 0.3) is 16.0 Å². The molecule has 2 aromatic heterocycles. The lowest BCUT2D eigenvalue weighted by Gasteiger charge is -2.06. The van der Waals surface area contributed by atoms with Gasteiger partial charge in [-0.25, -0.2) is 9.97 Å². The molecular formula is C30H25N3O4S3. The number of nitrogens with zero attached hydrogens (tertiary/aromatic N) is 2. The zero-order valence-corrected chi connectivity index (χ0v) is 24.4. The zero-order chi connectivity index (χ0) is 28.6. The fraction of sp³-hybridized carbons (Fsp3) is 0.100. The van der Waals surface area contributed by atoms with Crippen molar-refractivity contribution < 1.29 is 17.8 Å². The van der Waals surface area contributed by atoms with Crippen LogP contribution in [0.5, 0.6) is 0 Å². The van der Waals surface area contributed by atoms with Crippen LogP contribution in [0, 0.1) is 6.92 Å². The second-order valence-corrected chi connectivity index (χ2v) is 12.6. The maximum atomic E-state index is 12.6. The first-order valence-electron chi connectivity index (χ1n) is 12.2. The van der Waals surface area contributed by atoms with E-state index in [2.05, 4.69) is 16.9 Å². The van der Waals surface area contributed by atoms with Crippen molar-refractivity contribution in [3.8, 4) is 21.1 Å². The zero-order valence-electron chi connectivity index (χ0n) is 21.9. The minimum atomic E-state index is -4.47. The topological polar surface area (TPSA) is 109 Å². The van der Waals surface area contributed by atoms with E-state index in [0.29, 0.717) is 26.1 Å². The average molecular weight is 588 g/mol. The molecule has 3 aromatic carbocycles. The molecule has 0 aliphatic heterocycles. The van der Waals surface area contributed by atoms with Gasteiger partial charge in [0.05, 0.1) is 20.1 Å². The third-order valence-corrected chi connectivity index (χ3v) is 9.49. The summed E-state index contributed by atoms with van der Waals surface area (Å²) in [6.07, 6.45) is 1.71. The molecule has 202 valence electrons. The number of carbonyl (C=O) groups excluding carboxylic acids is 1.